The van der Waals surface area contributed by atoms with Gasteiger partial charge < -0.3 is 10.1 Å². The first-order chi connectivity index (χ1) is 7.04. The Labute approximate surface area is 95.1 Å². The third kappa shape index (κ3) is 7.57. The maximum absolute atomic E-state index is 5.60. The van der Waals surface area contributed by atoms with Crippen LogP contribution in [0.5, 0.6) is 0 Å². The molecule has 90 valence electrons. The first-order valence-electron chi connectivity index (χ1n) is 5.96. The van der Waals surface area contributed by atoms with Gasteiger partial charge in [-0.2, -0.15) is 0 Å². The van der Waals surface area contributed by atoms with Gasteiger partial charge >= 0.3 is 0 Å². The molecule has 0 fully saturated rings. The fraction of sp³-hybridized carbons (Fsp3) is 0.846. The average Bonchev–Trinajstić information content (AvgIpc) is 2.21. The summed E-state index contributed by atoms with van der Waals surface area (Å²) in [5.41, 5.74) is 0.160. The van der Waals surface area contributed by atoms with Crippen LogP contribution in [0.3, 0.4) is 0 Å². The van der Waals surface area contributed by atoms with Crippen LogP contribution in [0.15, 0.2) is 12.7 Å². The zero-order chi connectivity index (χ0) is 11.7. The van der Waals surface area contributed by atoms with Gasteiger partial charge in [-0.1, -0.05) is 33.8 Å². The lowest BCUT2D eigenvalue weighted by molar-refractivity contribution is 0.0899. The number of hydrogen-bond donors (Lipinski definition) is 1. The molecule has 0 bridgehead atoms. The standard InChI is InChI=1S/C13H27NO/c1-6-13(5,11-14-7-2)8-9-15-10-12(3)4/h6,12,14H,1,7-11H2,2-5H3. The number of ether oxygens (including phenoxy) is 1. The maximum Gasteiger partial charge on any atom is 0.0488 e. The molecule has 0 aliphatic carbocycles. The van der Waals surface area contributed by atoms with Crippen LogP contribution in [0.1, 0.15) is 34.1 Å². The van der Waals surface area contributed by atoms with Gasteiger partial charge in [0.05, 0.1) is 0 Å². The van der Waals surface area contributed by atoms with E-state index in [-0.39, 0.29) is 5.41 Å². The smallest absolute Gasteiger partial charge is 0.0488 e. The minimum Gasteiger partial charge on any atom is -0.381 e. The molecule has 0 rings (SSSR count). The van der Waals surface area contributed by atoms with Gasteiger partial charge in [0.15, 0.2) is 0 Å². The topological polar surface area (TPSA) is 21.3 Å². The minimum atomic E-state index is 0.160. The van der Waals surface area contributed by atoms with Gasteiger partial charge in [-0.25, -0.2) is 0 Å². The first-order valence-corrected chi connectivity index (χ1v) is 5.96. The largest absolute Gasteiger partial charge is 0.381 e. The van der Waals surface area contributed by atoms with E-state index in [2.05, 4.69) is 39.6 Å². The molecule has 1 atom stereocenters. The third-order valence-electron chi connectivity index (χ3n) is 2.54. The van der Waals surface area contributed by atoms with Gasteiger partial charge in [0.1, 0.15) is 0 Å². The van der Waals surface area contributed by atoms with Crippen LogP contribution in [0, 0.1) is 11.3 Å². The van der Waals surface area contributed by atoms with Crippen molar-refractivity contribution in [1.82, 2.24) is 5.32 Å². The van der Waals surface area contributed by atoms with Crippen molar-refractivity contribution in [3.05, 3.63) is 12.7 Å². The predicted octanol–water partition coefficient (Wildman–Crippen LogP) is 2.85. The molecule has 0 radical (unpaired) electrons. The van der Waals surface area contributed by atoms with Gasteiger partial charge in [0.25, 0.3) is 0 Å². The molecule has 1 unspecified atom stereocenters. The molecule has 0 saturated heterocycles. The van der Waals surface area contributed by atoms with Crippen molar-refractivity contribution in [2.24, 2.45) is 11.3 Å². The molecule has 15 heavy (non-hydrogen) atoms. The van der Waals surface area contributed by atoms with Gasteiger partial charge in [0, 0.05) is 19.8 Å². The van der Waals surface area contributed by atoms with Crippen molar-refractivity contribution in [3.8, 4) is 0 Å². The van der Waals surface area contributed by atoms with Crippen molar-refractivity contribution in [1.29, 1.82) is 0 Å². The van der Waals surface area contributed by atoms with E-state index in [4.69, 9.17) is 4.74 Å². The zero-order valence-corrected chi connectivity index (χ0v) is 10.8. The van der Waals surface area contributed by atoms with Crippen molar-refractivity contribution < 1.29 is 4.74 Å². The Morgan fingerprint density at radius 2 is 2.13 bits per heavy atom. The van der Waals surface area contributed by atoms with Gasteiger partial charge in [-0.05, 0) is 24.3 Å². The monoisotopic (exact) mass is 213 g/mol. The lowest BCUT2D eigenvalue weighted by atomic mass is 9.87. The van der Waals surface area contributed by atoms with Gasteiger partial charge in [-0.3, -0.25) is 0 Å². The molecule has 0 saturated carbocycles. The summed E-state index contributed by atoms with van der Waals surface area (Å²) in [5.74, 6) is 0.619. The van der Waals surface area contributed by atoms with Crippen molar-refractivity contribution in [2.75, 3.05) is 26.3 Å². The highest BCUT2D eigenvalue weighted by atomic mass is 16.5. The summed E-state index contributed by atoms with van der Waals surface area (Å²) >= 11 is 0. The normalized spacial score (nSPS) is 15.3. The van der Waals surface area contributed by atoms with Crippen LogP contribution >= 0.6 is 0 Å². The van der Waals surface area contributed by atoms with E-state index >= 15 is 0 Å². The molecule has 0 aromatic heterocycles. The Morgan fingerprint density at radius 3 is 2.60 bits per heavy atom. The molecule has 0 aliphatic heterocycles. The molecule has 0 heterocycles. The quantitative estimate of drug-likeness (QED) is 0.470. The molecular formula is C13H27NO. The van der Waals surface area contributed by atoms with E-state index in [0.717, 1.165) is 32.7 Å². The Bertz CT molecular complexity index is 168. The fourth-order valence-electron chi connectivity index (χ4n) is 1.30. The van der Waals surface area contributed by atoms with Crippen LogP contribution in [0.4, 0.5) is 0 Å². The average molecular weight is 213 g/mol. The highest BCUT2D eigenvalue weighted by molar-refractivity contribution is 4.92. The zero-order valence-electron chi connectivity index (χ0n) is 10.8. The second-order valence-electron chi connectivity index (χ2n) is 4.86. The van der Waals surface area contributed by atoms with Crippen LogP contribution in [-0.2, 0) is 4.74 Å². The fourth-order valence-corrected chi connectivity index (χ4v) is 1.30. The van der Waals surface area contributed by atoms with E-state index in [0.29, 0.717) is 5.92 Å². The molecule has 0 spiro atoms. The summed E-state index contributed by atoms with van der Waals surface area (Å²) in [6.45, 7) is 16.3. The molecule has 0 aromatic carbocycles. The SMILES string of the molecule is C=CC(C)(CCOCC(C)C)CNCC. The van der Waals surface area contributed by atoms with Gasteiger partial charge in [0.2, 0.25) is 0 Å². The van der Waals surface area contributed by atoms with E-state index in [9.17, 15) is 0 Å². The van der Waals surface area contributed by atoms with Crippen molar-refractivity contribution in [2.45, 2.75) is 34.1 Å². The van der Waals surface area contributed by atoms with E-state index < -0.39 is 0 Å². The summed E-state index contributed by atoms with van der Waals surface area (Å²) in [4.78, 5) is 0. The van der Waals surface area contributed by atoms with Crippen LogP contribution in [0.25, 0.3) is 0 Å². The second-order valence-corrected chi connectivity index (χ2v) is 4.86. The van der Waals surface area contributed by atoms with Crippen molar-refractivity contribution in [3.63, 3.8) is 0 Å². The van der Waals surface area contributed by atoms with E-state index in [1.165, 1.54) is 0 Å². The molecule has 2 nitrogen and oxygen atoms in total. The summed E-state index contributed by atoms with van der Waals surface area (Å²) in [5, 5.41) is 3.36. The van der Waals surface area contributed by atoms with Crippen LogP contribution in [-0.4, -0.2) is 26.3 Å². The molecule has 1 N–H and O–H groups in total. The number of hydrogen-bond acceptors (Lipinski definition) is 2. The second kappa shape index (κ2) is 7.89. The molecule has 0 aromatic rings. The lowest BCUT2D eigenvalue weighted by Crippen LogP contribution is -2.31. The highest BCUT2D eigenvalue weighted by Gasteiger charge is 2.19. The highest BCUT2D eigenvalue weighted by Crippen LogP contribution is 2.21. The van der Waals surface area contributed by atoms with Gasteiger partial charge in [-0.15, -0.1) is 6.58 Å². The maximum atomic E-state index is 5.60. The third-order valence-corrected chi connectivity index (χ3v) is 2.54. The summed E-state index contributed by atoms with van der Waals surface area (Å²) in [6, 6.07) is 0. The Hall–Kier alpha value is -0.340. The Balaban J connectivity index is 3.72. The Morgan fingerprint density at radius 1 is 1.47 bits per heavy atom. The molecule has 0 aliphatic rings. The summed E-state index contributed by atoms with van der Waals surface area (Å²) in [6.07, 6.45) is 3.07. The summed E-state index contributed by atoms with van der Waals surface area (Å²) in [7, 11) is 0. The molecule has 2 heteroatoms. The minimum absolute atomic E-state index is 0.160. The van der Waals surface area contributed by atoms with E-state index in [1.54, 1.807) is 0 Å². The molecular weight excluding hydrogens is 186 g/mol. The number of rotatable bonds is 9. The number of nitrogens with one attached hydrogen (secondary N) is 1. The van der Waals surface area contributed by atoms with Crippen LogP contribution < -0.4 is 5.32 Å². The lowest BCUT2D eigenvalue weighted by Gasteiger charge is -2.26. The Kier molecular flexibility index (Phi) is 7.71. The van der Waals surface area contributed by atoms with E-state index in [1.807, 2.05) is 6.08 Å². The molecule has 0 amide bonds. The summed E-state index contributed by atoms with van der Waals surface area (Å²) < 4.78 is 5.60. The first kappa shape index (κ1) is 14.7. The van der Waals surface area contributed by atoms with Crippen LogP contribution in [0.2, 0.25) is 0 Å². The predicted molar refractivity (Wildman–Crippen MR) is 67.1 cm³/mol. The van der Waals surface area contributed by atoms with Crippen molar-refractivity contribution >= 4 is 0 Å².